The first-order valence-corrected chi connectivity index (χ1v) is 8.81. The van der Waals surface area contributed by atoms with Gasteiger partial charge in [0, 0.05) is 36.8 Å². The predicted octanol–water partition coefficient (Wildman–Crippen LogP) is 4.09. The fourth-order valence-corrected chi connectivity index (χ4v) is 3.10. The average molecular weight is 385 g/mol. The molecule has 9 heteroatoms. The van der Waals surface area contributed by atoms with Gasteiger partial charge in [-0.1, -0.05) is 25.4 Å². The number of anilines is 1. The molecule has 2 heterocycles. The van der Waals surface area contributed by atoms with Crippen molar-refractivity contribution in [2.45, 2.75) is 52.7 Å². The second-order valence-corrected chi connectivity index (χ2v) is 8.59. The molecule has 1 aromatic rings. The van der Waals surface area contributed by atoms with Crippen LogP contribution in [0.25, 0.3) is 0 Å². The average Bonchev–Trinajstić information content (AvgIpc) is 2.48. The van der Waals surface area contributed by atoms with E-state index in [1.807, 2.05) is 34.6 Å². The summed E-state index contributed by atoms with van der Waals surface area (Å²) in [6.45, 7) is 10.5. The van der Waals surface area contributed by atoms with Crippen LogP contribution >= 0.6 is 11.6 Å². The van der Waals surface area contributed by atoms with Crippen molar-refractivity contribution in [1.82, 2.24) is 9.88 Å². The van der Waals surface area contributed by atoms with Crippen LogP contribution in [0.5, 0.6) is 0 Å². The molecule has 0 spiro atoms. The van der Waals surface area contributed by atoms with E-state index in [1.54, 1.807) is 4.90 Å². The van der Waals surface area contributed by atoms with E-state index in [0.717, 1.165) is 0 Å². The van der Waals surface area contributed by atoms with Crippen LogP contribution in [0.1, 0.15) is 41.0 Å². The number of likely N-dealkylation sites (tertiary alicyclic amines) is 1. The molecule has 2 rings (SSSR count). The molecule has 1 aromatic heterocycles. The Balaban J connectivity index is 2.12. The Morgan fingerprint density at radius 1 is 1.50 bits per heavy atom. The van der Waals surface area contributed by atoms with E-state index >= 15 is 0 Å². The lowest BCUT2D eigenvalue weighted by Crippen LogP contribution is -2.54. The van der Waals surface area contributed by atoms with Crippen LogP contribution < -0.4 is 5.32 Å². The molecule has 26 heavy (non-hydrogen) atoms. The normalized spacial score (nSPS) is 19.8. The number of rotatable bonds is 3. The molecule has 1 atom stereocenters. The summed E-state index contributed by atoms with van der Waals surface area (Å²) in [6.07, 6.45) is 1.65. The smallest absolute Gasteiger partial charge is 0.410 e. The van der Waals surface area contributed by atoms with Gasteiger partial charge in [-0.2, -0.15) is 0 Å². The number of ether oxygens (including phenoxy) is 1. The van der Waals surface area contributed by atoms with Crippen LogP contribution in [0, 0.1) is 15.5 Å². The molecule has 144 valence electrons. The topological polar surface area (TPSA) is 97.6 Å². The third-order valence-corrected chi connectivity index (χ3v) is 4.43. The molecule has 0 radical (unpaired) electrons. The number of halogens is 1. The van der Waals surface area contributed by atoms with Gasteiger partial charge in [0.1, 0.15) is 5.60 Å². The number of carbonyl (C=O) groups excluding carboxylic acids is 1. The number of aromatic nitrogens is 1. The first kappa shape index (κ1) is 20.2. The molecule has 0 aromatic carbocycles. The summed E-state index contributed by atoms with van der Waals surface area (Å²) in [5.41, 5.74) is -1.04. The number of hydrogen-bond donors (Lipinski definition) is 1. The maximum Gasteiger partial charge on any atom is 0.410 e. The lowest BCUT2D eigenvalue weighted by atomic mass is 9.79. The molecular formula is C17H25ClN4O4. The Bertz CT molecular complexity index is 702. The summed E-state index contributed by atoms with van der Waals surface area (Å²) in [5, 5.41) is 14.6. The van der Waals surface area contributed by atoms with Crippen molar-refractivity contribution >= 4 is 29.2 Å². The third-order valence-electron chi connectivity index (χ3n) is 4.22. The van der Waals surface area contributed by atoms with Crippen LogP contribution in [0.4, 0.5) is 16.3 Å². The SMILES string of the molecule is CC(C)(C)OC(=O)N1CCC(Nc2ncc(Cl)cc2[N+](=O)[O-])C(C)(C)C1. The molecule has 1 amide bonds. The fraction of sp³-hybridized carbons (Fsp3) is 0.647. The van der Waals surface area contributed by atoms with Gasteiger partial charge < -0.3 is 15.0 Å². The quantitative estimate of drug-likeness (QED) is 0.622. The van der Waals surface area contributed by atoms with Crippen molar-refractivity contribution in [3.8, 4) is 0 Å². The zero-order valence-electron chi connectivity index (χ0n) is 15.7. The van der Waals surface area contributed by atoms with Gasteiger partial charge in [0.05, 0.1) is 9.95 Å². The van der Waals surface area contributed by atoms with Crippen LogP contribution in [-0.2, 0) is 4.74 Å². The minimum atomic E-state index is -0.551. The number of hydrogen-bond acceptors (Lipinski definition) is 6. The Morgan fingerprint density at radius 2 is 2.15 bits per heavy atom. The number of carbonyl (C=O) groups is 1. The highest BCUT2D eigenvalue weighted by Crippen LogP contribution is 2.34. The van der Waals surface area contributed by atoms with Crippen molar-refractivity contribution in [2.75, 3.05) is 18.4 Å². The molecule has 1 N–H and O–H groups in total. The highest BCUT2D eigenvalue weighted by atomic mass is 35.5. The number of pyridine rings is 1. The standard InChI is InChI=1S/C17H25ClN4O4/c1-16(2,3)26-15(23)21-7-6-13(17(4,5)10-21)20-14-12(22(24)25)8-11(18)9-19-14/h8-9,13H,6-7,10H2,1-5H3,(H,19,20). The zero-order chi connectivity index (χ0) is 19.7. The Hall–Kier alpha value is -2.09. The van der Waals surface area contributed by atoms with Gasteiger partial charge in [0.25, 0.3) is 0 Å². The summed E-state index contributed by atoms with van der Waals surface area (Å²) in [4.78, 5) is 28.8. The van der Waals surface area contributed by atoms with E-state index in [1.165, 1.54) is 12.3 Å². The van der Waals surface area contributed by atoms with Crippen molar-refractivity contribution in [3.05, 3.63) is 27.4 Å². The number of nitrogens with zero attached hydrogens (tertiary/aromatic N) is 3. The van der Waals surface area contributed by atoms with Crippen molar-refractivity contribution in [2.24, 2.45) is 5.41 Å². The Morgan fingerprint density at radius 3 is 2.69 bits per heavy atom. The molecule has 1 unspecified atom stereocenters. The van der Waals surface area contributed by atoms with E-state index in [-0.39, 0.29) is 34.1 Å². The Kier molecular flexibility index (Phi) is 5.65. The van der Waals surface area contributed by atoms with Crippen molar-refractivity contribution < 1.29 is 14.5 Å². The minimum Gasteiger partial charge on any atom is -0.444 e. The van der Waals surface area contributed by atoms with Gasteiger partial charge in [-0.15, -0.1) is 0 Å². The molecule has 1 aliphatic heterocycles. The molecule has 8 nitrogen and oxygen atoms in total. The second-order valence-electron chi connectivity index (χ2n) is 8.15. The van der Waals surface area contributed by atoms with E-state index in [0.29, 0.717) is 19.5 Å². The third kappa shape index (κ3) is 4.97. The van der Waals surface area contributed by atoms with E-state index < -0.39 is 10.5 Å². The predicted molar refractivity (Wildman–Crippen MR) is 99.5 cm³/mol. The zero-order valence-corrected chi connectivity index (χ0v) is 16.5. The van der Waals surface area contributed by atoms with Crippen LogP contribution in [0.3, 0.4) is 0 Å². The Labute approximate surface area is 158 Å². The molecular weight excluding hydrogens is 360 g/mol. The summed E-state index contributed by atoms with van der Waals surface area (Å²) >= 11 is 5.81. The highest BCUT2D eigenvalue weighted by molar-refractivity contribution is 6.30. The molecule has 0 saturated carbocycles. The number of nitro groups is 1. The molecule has 1 saturated heterocycles. The molecule has 1 fully saturated rings. The molecule has 1 aliphatic rings. The summed E-state index contributed by atoms with van der Waals surface area (Å²) in [5.74, 6) is 0.184. The summed E-state index contributed by atoms with van der Waals surface area (Å²) in [7, 11) is 0. The van der Waals surface area contributed by atoms with Gasteiger partial charge in [-0.3, -0.25) is 10.1 Å². The van der Waals surface area contributed by atoms with Gasteiger partial charge in [-0.05, 0) is 27.2 Å². The van der Waals surface area contributed by atoms with E-state index in [9.17, 15) is 14.9 Å². The van der Waals surface area contributed by atoms with Crippen LogP contribution in [0.2, 0.25) is 5.02 Å². The largest absolute Gasteiger partial charge is 0.444 e. The number of amides is 1. The lowest BCUT2D eigenvalue weighted by molar-refractivity contribution is -0.384. The van der Waals surface area contributed by atoms with Crippen molar-refractivity contribution in [3.63, 3.8) is 0 Å². The maximum atomic E-state index is 12.3. The maximum absolute atomic E-state index is 12.3. The molecule has 0 bridgehead atoms. The van der Waals surface area contributed by atoms with Gasteiger partial charge in [0.2, 0.25) is 5.82 Å². The number of piperidine rings is 1. The van der Waals surface area contributed by atoms with Crippen LogP contribution in [-0.4, -0.2) is 45.6 Å². The second kappa shape index (κ2) is 7.26. The molecule has 0 aliphatic carbocycles. The van der Waals surface area contributed by atoms with E-state index in [4.69, 9.17) is 16.3 Å². The van der Waals surface area contributed by atoms with E-state index in [2.05, 4.69) is 10.3 Å². The first-order chi connectivity index (χ1) is 11.9. The van der Waals surface area contributed by atoms with Gasteiger partial charge in [0.15, 0.2) is 0 Å². The number of nitrogens with one attached hydrogen (secondary N) is 1. The van der Waals surface area contributed by atoms with Gasteiger partial charge in [-0.25, -0.2) is 9.78 Å². The van der Waals surface area contributed by atoms with Crippen LogP contribution in [0.15, 0.2) is 12.3 Å². The minimum absolute atomic E-state index is 0.0893. The monoisotopic (exact) mass is 384 g/mol. The van der Waals surface area contributed by atoms with Gasteiger partial charge >= 0.3 is 11.8 Å². The van der Waals surface area contributed by atoms with Crippen molar-refractivity contribution in [1.29, 1.82) is 0 Å². The lowest BCUT2D eigenvalue weighted by Gasteiger charge is -2.44. The highest BCUT2D eigenvalue weighted by Gasteiger charge is 2.39. The fourth-order valence-electron chi connectivity index (χ4n) is 2.95. The summed E-state index contributed by atoms with van der Waals surface area (Å²) < 4.78 is 5.44. The first-order valence-electron chi connectivity index (χ1n) is 8.43. The summed E-state index contributed by atoms with van der Waals surface area (Å²) in [6, 6.07) is 1.19.